The van der Waals surface area contributed by atoms with E-state index in [1.165, 1.54) is 27.9 Å². The Balaban J connectivity index is 0.000000200. The largest absolute Gasteiger partial charge is 0.327 e. The van der Waals surface area contributed by atoms with Gasteiger partial charge in [0.25, 0.3) is 10.1 Å². The SMILES string of the molecule is Cc1ccc(S(=O)(=O)O)cc1.NCC=C1SCCS1. The van der Waals surface area contributed by atoms with Crippen LogP contribution in [0.3, 0.4) is 0 Å². The van der Waals surface area contributed by atoms with Gasteiger partial charge in [0.1, 0.15) is 0 Å². The quantitative estimate of drug-likeness (QED) is 0.815. The van der Waals surface area contributed by atoms with Crippen LogP contribution in [0.4, 0.5) is 0 Å². The van der Waals surface area contributed by atoms with Crippen molar-refractivity contribution in [2.45, 2.75) is 11.8 Å². The second-order valence-electron chi connectivity index (χ2n) is 3.74. The molecule has 19 heavy (non-hydrogen) atoms. The molecule has 0 spiro atoms. The Hall–Kier alpha value is -0.470. The minimum absolute atomic E-state index is 0.0666. The molecule has 0 radical (unpaired) electrons. The van der Waals surface area contributed by atoms with E-state index in [0.29, 0.717) is 6.54 Å². The van der Waals surface area contributed by atoms with E-state index in [-0.39, 0.29) is 4.90 Å². The number of hydrogen-bond donors (Lipinski definition) is 2. The first-order chi connectivity index (χ1) is 8.93. The molecule has 1 aromatic carbocycles. The standard InChI is InChI=1S/C7H8O3S.C5H9NS2/c1-6-2-4-7(5-3-6)11(8,9)10;6-2-1-5-7-3-4-8-5/h2-5H,1H3,(H,8,9,10);1H,2-4,6H2. The number of rotatable bonds is 2. The van der Waals surface area contributed by atoms with Gasteiger partial charge in [0.15, 0.2) is 0 Å². The van der Waals surface area contributed by atoms with E-state index in [1.54, 1.807) is 12.1 Å². The number of benzene rings is 1. The van der Waals surface area contributed by atoms with Crippen molar-refractivity contribution in [1.82, 2.24) is 0 Å². The molecular formula is C12H17NO3S3. The van der Waals surface area contributed by atoms with Crippen molar-refractivity contribution in [3.05, 3.63) is 40.1 Å². The van der Waals surface area contributed by atoms with Crippen molar-refractivity contribution in [1.29, 1.82) is 0 Å². The number of thioether (sulfide) groups is 2. The van der Waals surface area contributed by atoms with Crippen molar-refractivity contribution in [2.24, 2.45) is 5.73 Å². The van der Waals surface area contributed by atoms with E-state index in [0.717, 1.165) is 5.56 Å². The molecular weight excluding hydrogens is 302 g/mol. The molecule has 1 aliphatic heterocycles. The molecule has 2 rings (SSSR count). The Labute approximate surface area is 122 Å². The van der Waals surface area contributed by atoms with Crippen LogP contribution in [0.1, 0.15) is 5.56 Å². The summed E-state index contributed by atoms with van der Waals surface area (Å²) < 4.78 is 31.0. The molecule has 0 unspecified atom stereocenters. The lowest BCUT2D eigenvalue weighted by Crippen LogP contribution is -1.96. The van der Waals surface area contributed by atoms with E-state index in [2.05, 4.69) is 6.08 Å². The van der Waals surface area contributed by atoms with Gasteiger partial charge in [0.05, 0.1) is 4.90 Å². The average Bonchev–Trinajstić information content (AvgIpc) is 2.83. The van der Waals surface area contributed by atoms with Gasteiger partial charge in [0.2, 0.25) is 0 Å². The number of hydrogen-bond acceptors (Lipinski definition) is 5. The highest BCUT2D eigenvalue weighted by atomic mass is 32.2. The summed E-state index contributed by atoms with van der Waals surface area (Å²) in [7, 11) is -4.02. The van der Waals surface area contributed by atoms with Crippen molar-refractivity contribution in [3.63, 3.8) is 0 Å². The van der Waals surface area contributed by atoms with Gasteiger partial charge in [-0.15, -0.1) is 23.5 Å². The Morgan fingerprint density at radius 2 is 1.79 bits per heavy atom. The molecule has 0 aliphatic carbocycles. The Kier molecular flexibility index (Phi) is 6.95. The molecule has 0 atom stereocenters. The fraction of sp³-hybridized carbons (Fsp3) is 0.333. The zero-order valence-corrected chi connectivity index (χ0v) is 13.0. The summed E-state index contributed by atoms with van der Waals surface area (Å²) in [5.74, 6) is 2.52. The second kappa shape index (κ2) is 7.96. The second-order valence-corrected chi connectivity index (χ2v) is 7.70. The molecule has 1 fully saturated rings. The third kappa shape index (κ3) is 6.49. The molecule has 0 aromatic heterocycles. The third-order valence-corrected chi connectivity index (χ3v) is 5.73. The highest BCUT2D eigenvalue weighted by Gasteiger charge is 2.07. The van der Waals surface area contributed by atoms with Crippen LogP contribution in [-0.2, 0) is 10.1 Å². The predicted molar refractivity (Wildman–Crippen MR) is 83.0 cm³/mol. The summed E-state index contributed by atoms with van der Waals surface area (Å²) in [6, 6.07) is 5.99. The fourth-order valence-corrected chi connectivity index (χ4v) is 4.06. The molecule has 0 saturated carbocycles. The highest BCUT2D eigenvalue weighted by Crippen LogP contribution is 2.35. The summed E-state index contributed by atoms with van der Waals surface area (Å²) in [6.45, 7) is 2.53. The van der Waals surface area contributed by atoms with Crippen LogP contribution in [0.2, 0.25) is 0 Å². The van der Waals surface area contributed by atoms with E-state index in [4.69, 9.17) is 10.3 Å². The van der Waals surface area contributed by atoms with Crippen molar-refractivity contribution in [2.75, 3.05) is 18.1 Å². The van der Waals surface area contributed by atoms with E-state index in [1.807, 2.05) is 30.4 Å². The first-order valence-corrected chi connectivity index (χ1v) is 9.04. The van der Waals surface area contributed by atoms with E-state index >= 15 is 0 Å². The van der Waals surface area contributed by atoms with Gasteiger partial charge in [-0.05, 0) is 19.1 Å². The lowest BCUT2D eigenvalue weighted by Gasteiger charge is -1.95. The molecule has 7 heteroatoms. The van der Waals surface area contributed by atoms with Crippen LogP contribution < -0.4 is 5.73 Å². The zero-order chi connectivity index (χ0) is 14.3. The van der Waals surface area contributed by atoms with Crippen LogP contribution >= 0.6 is 23.5 Å². The van der Waals surface area contributed by atoms with Crippen LogP contribution in [-0.4, -0.2) is 31.0 Å². The normalized spacial score (nSPS) is 14.8. The van der Waals surface area contributed by atoms with Crippen molar-refractivity contribution >= 4 is 33.6 Å². The van der Waals surface area contributed by atoms with Crippen molar-refractivity contribution in [3.8, 4) is 0 Å². The monoisotopic (exact) mass is 319 g/mol. The minimum atomic E-state index is -4.02. The third-order valence-electron chi connectivity index (χ3n) is 2.18. The van der Waals surface area contributed by atoms with Gasteiger partial charge in [-0.2, -0.15) is 8.42 Å². The molecule has 1 saturated heterocycles. The summed E-state index contributed by atoms with van der Waals surface area (Å²) in [4.78, 5) is -0.0666. The predicted octanol–water partition coefficient (Wildman–Crippen LogP) is 2.51. The highest BCUT2D eigenvalue weighted by molar-refractivity contribution is 8.25. The first-order valence-electron chi connectivity index (χ1n) is 5.63. The van der Waals surface area contributed by atoms with Crippen LogP contribution in [0.25, 0.3) is 0 Å². The molecule has 3 N–H and O–H groups in total. The smallest absolute Gasteiger partial charge is 0.294 e. The van der Waals surface area contributed by atoms with Crippen molar-refractivity contribution < 1.29 is 13.0 Å². The Bertz CT molecular complexity index is 516. The Morgan fingerprint density at radius 3 is 2.21 bits per heavy atom. The molecule has 0 bridgehead atoms. The van der Waals surface area contributed by atoms with E-state index in [9.17, 15) is 8.42 Å². The fourth-order valence-electron chi connectivity index (χ4n) is 1.25. The van der Waals surface area contributed by atoms with Gasteiger partial charge >= 0.3 is 0 Å². The lowest BCUT2D eigenvalue weighted by atomic mass is 10.2. The van der Waals surface area contributed by atoms with Crippen LogP contribution in [0.5, 0.6) is 0 Å². The molecule has 0 amide bonds. The van der Waals surface area contributed by atoms with Gasteiger partial charge in [0, 0.05) is 22.3 Å². The maximum atomic E-state index is 10.5. The maximum Gasteiger partial charge on any atom is 0.294 e. The van der Waals surface area contributed by atoms with Gasteiger partial charge in [-0.1, -0.05) is 23.8 Å². The average molecular weight is 319 g/mol. The van der Waals surface area contributed by atoms with Gasteiger partial charge in [-0.3, -0.25) is 4.55 Å². The van der Waals surface area contributed by atoms with Gasteiger partial charge < -0.3 is 5.73 Å². The molecule has 106 valence electrons. The summed E-state index contributed by atoms with van der Waals surface area (Å²) in [5.41, 5.74) is 6.26. The summed E-state index contributed by atoms with van der Waals surface area (Å²) >= 11 is 3.82. The minimum Gasteiger partial charge on any atom is -0.327 e. The summed E-state index contributed by atoms with van der Waals surface area (Å²) in [5, 5.41) is 0. The van der Waals surface area contributed by atoms with Gasteiger partial charge in [-0.25, -0.2) is 0 Å². The first kappa shape index (κ1) is 16.6. The lowest BCUT2D eigenvalue weighted by molar-refractivity contribution is 0.483. The topological polar surface area (TPSA) is 80.4 Å². The molecule has 1 aromatic rings. The summed E-state index contributed by atoms with van der Waals surface area (Å²) in [6.07, 6.45) is 2.09. The number of nitrogens with two attached hydrogens (primary N) is 1. The molecule has 4 nitrogen and oxygen atoms in total. The maximum absolute atomic E-state index is 10.5. The van der Waals surface area contributed by atoms with Crippen LogP contribution in [0, 0.1) is 6.92 Å². The zero-order valence-electron chi connectivity index (χ0n) is 10.6. The molecule has 1 heterocycles. The number of aryl methyl sites for hydroxylation is 1. The molecule has 1 aliphatic rings. The Morgan fingerprint density at radius 1 is 1.26 bits per heavy atom. The van der Waals surface area contributed by atoms with E-state index < -0.39 is 10.1 Å². The van der Waals surface area contributed by atoms with Crippen LogP contribution in [0.15, 0.2) is 39.5 Å².